The molecule has 20 heavy (non-hydrogen) atoms. The molecule has 0 radical (unpaired) electrons. The second kappa shape index (κ2) is 6.17. The Labute approximate surface area is 126 Å². The summed E-state index contributed by atoms with van der Waals surface area (Å²) >= 11 is 3.35. The number of benzene rings is 1. The van der Waals surface area contributed by atoms with Gasteiger partial charge in [-0.1, -0.05) is 29.8 Å². The maximum Gasteiger partial charge on any atom is 0.251 e. The van der Waals surface area contributed by atoms with Crippen LogP contribution in [-0.4, -0.2) is 21.1 Å². The van der Waals surface area contributed by atoms with Crippen LogP contribution in [0.25, 0.3) is 0 Å². The number of hydrogen-bond donors (Lipinski definition) is 2. The number of aromatic nitrogens is 3. The van der Waals surface area contributed by atoms with Crippen LogP contribution in [0.5, 0.6) is 0 Å². The van der Waals surface area contributed by atoms with Gasteiger partial charge >= 0.3 is 0 Å². The number of amides is 1. The summed E-state index contributed by atoms with van der Waals surface area (Å²) in [5.74, 6) is 1.43. The van der Waals surface area contributed by atoms with E-state index >= 15 is 0 Å². The van der Waals surface area contributed by atoms with E-state index in [2.05, 4.69) is 36.4 Å². The van der Waals surface area contributed by atoms with Crippen molar-refractivity contribution in [2.24, 2.45) is 5.92 Å². The fourth-order valence-corrected chi connectivity index (χ4v) is 2.12. The Morgan fingerprint density at radius 3 is 2.45 bits per heavy atom. The molecule has 0 fully saturated rings. The second-order valence-electron chi connectivity index (χ2n) is 4.98. The van der Waals surface area contributed by atoms with Crippen LogP contribution >= 0.6 is 15.9 Å². The monoisotopic (exact) mass is 336 g/mol. The minimum Gasteiger partial charge on any atom is -0.342 e. The largest absolute Gasteiger partial charge is 0.342 e. The van der Waals surface area contributed by atoms with Gasteiger partial charge in [0.25, 0.3) is 5.91 Å². The number of H-pyrrole nitrogens is 1. The molecule has 0 saturated carbocycles. The molecule has 0 unspecified atom stereocenters. The summed E-state index contributed by atoms with van der Waals surface area (Å²) in [6, 6.07) is 7.03. The van der Waals surface area contributed by atoms with Gasteiger partial charge in [-0.2, -0.15) is 5.10 Å². The molecule has 1 aromatic carbocycles. The fourth-order valence-electron chi connectivity index (χ4n) is 1.85. The number of halogens is 1. The van der Waals surface area contributed by atoms with Crippen LogP contribution in [-0.2, 0) is 0 Å². The van der Waals surface area contributed by atoms with Gasteiger partial charge in [0.2, 0.25) is 0 Å². The topological polar surface area (TPSA) is 70.7 Å². The van der Waals surface area contributed by atoms with Crippen molar-refractivity contribution in [1.82, 2.24) is 20.5 Å². The Morgan fingerprint density at radius 1 is 1.30 bits per heavy atom. The number of aryl methyl sites for hydroxylation is 1. The van der Waals surface area contributed by atoms with Crippen molar-refractivity contribution < 1.29 is 4.79 Å². The van der Waals surface area contributed by atoms with Crippen LogP contribution in [0.3, 0.4) is 0 Å². The van der Waals surface area contributed by atoms with Crippen LogP contribution in [0.1, 0.15) is 41.9 Å². The van der Waals surface area contributed by atoms with E-state index in [0.29, 0.717) is 11.4 Å². The standard InChI is InChI=1S/C14H17BrN4O/c1-8(2)12(13-16-9(3)18-19-13)17-14(20)10-4-6-11(15)7-5-10/h4-8,12H,1-3H3,(H,17,20)(H,16,18,19)/t12-/m1/s1. The molecule has 0 spiro atoms. The van der Waals surface area contributed by atoms with E-state index in [1.165, 1.54) is 0 Å². The minimum atomic E-state index is -0.212. The minimum absolute atomic E-state index is 0.126. The Balaban J connectivity index is 2.16. The van der Waals surface area contributed by atoms with Crippen LogP contribution in [0.4, 0.5) is 0 Å². The molecule has 5 nitrogen and oxygen atoms in total. The van der Waals surface area contributed by atoms with E-state index in [1.807, 2.05) is 32.9 Å². The fraction of sp³-hybridized carbons (Fsp3) is 0.357. The third kappa shape index (κ3) is 3.45. The summed E-state index contributed by atoms with van der Waals surface area (Å²) in [5, 5.41) is 9.93. The molecule has 6 heteroatoms. The lowest BCUT2D eigenvalue weighted by molar-refractivity contribution is 0.0923. The maximum absolute atomic E-state index is 12.3. The highest BCUT2D eigenvalue weighted by atomic mass is 79.9. The van der Waals surface area contributed by atoms with Crippen LogP contribution in [0.15, 0.2) is 28.7 Å². The zero-order chi connectivity index (χ0) is 14.7. The van der Waals surface area contributed by atoms with Crippen molar-refractivity contribution in [3.63, 3.8) is 0 Å². The van der Waals surface area contributed by atoms with Gasteiger partial charge < -0.3 is 5.32 Å². The first-order valence-corrected chi connectivity index (χ1v) is 7.22. The van der Waals surface area contributed by atoms with Gasteiger partial charge in [-0.25, -0.2) is 4.98 Å². The predicted octanol–water partition coefficient (Wildman–Crippen LogP) is 3.00. The SMILES string of the molecule is Cc1nc([C@H](NC(=O)c2ccc(Br)cc2)C(C)C)n[nH]1. The first-order chi connectivity index (χ1) is 9.47. The quantitative estimate of drug-likeness (QED) is 0.901. The Bertz CT molecular complexity index is 591. The van der Waals surface area contributed by atoms with Gasteiger partial charge in [-0.15, -0.1) is 0 Å². The van der Waals surface area contributed by atoms with Crippen LogP contribution in [0.2, 0.25) is 0 Å². The lowest BCUT2D eigenvalue weighted by atomic mass is 10.0. The summed E-state index contributed by atoms with van der Waals surface area (Å²) in [6.45, 7) is 5.89. The Morgan fingerprint density at radius 2 is 1.95 bits per heavy atom. The molecule has 106 valence electrons. The number of hydrogen-bond acceptors (Lipinski definition) is 3. The third-order valence-corrected chi connectivity index (χ3v) is 3.48. The molecule has 1 atom stereocenters. The van der Waals surface area contributed by atoms with E-state index in [4.69, 9.17) is 0 Å². The molecular weight excluding hydrogens is 320 g/mol. The molecule has 1 aromatic heterocycles. The van der Waals surface area contributed by atoms with Crippen molar-refractivity contribution in [1.29, 1.82) is 0 Å². The maximum atomic E-state index is 12.3. The average Bonchev–Trinajstić information content (AvgIpc) is 2.82. The first kappa shape index (κ1) is 14.7. The predicted molar refractivity (Wildman–Crippen MR) is 80.3 cm³/mol. The highest BCUT2D eigenvalue weighted by Gasteiger charge is 2.22. The molecular formula is C14H17BrN4O. The molecule has 2 N–H and O–H groups in total. The zero-order valence-corrected chi connectivity index (χ0v) is 13.2. The van der Waals surface area contributed by atoms with Crippen molar-refractivity contribution >= 4 is 21.8 Å². The molecule has 0 aliphatic carbocycles. The van der Waals surface area contributed by atoms with E-state index < -0.39 is 0 Å². The second-order valence-corrected chi connectivity index (χ2v) is 5.90. The van der Waals surface area contributed by atoms with E-state index in [1.54, 1.807) is 12.1 Å². The summed E-state index contributed by atoms with van der Waals surface area (Å²) in [7, 11) is 0. The van der Waals surface area contributed by atoms with Gasteiger partial charge in [0, 0.05) is 10.0 Å². The number of aromatic amines is 1. The Kier molecular flexibility index (Phi) is 4.54. The highest BCUT2D eigenvalue weighted by molar-refractivity contribution is 9.10. The van der Waals surface area contributed by atoms with Crippen molar-refractivity contribution in [3.8, 4) is 0 Å². The van der Waals surface area contributed by atoms with Gasteiger partial charge in [-0.05, 0) is 37.1 Å². The molecule has 0 bridgehead atoms. The number of rotatable bonds is 4. The number of nitrogens with one attached hydrogen (secondary N) is 2. The summed E-state index contributed by atoms with van der Waals surface area (Å²) in [6.07, 6.45) is 0. The normalized spacial score (nSPS) is 12.4. The van der Waals surface area contributed by atoms with Gasteiger partial charge in [0.05, 0.1) is 6.04 Å². The molecule has 1 heterocycles. The lowest BCUT2D eigenvalue weighted by Gasteiger charge is -2.19. The van der Waals surface area contributed by atoms with Gasteiger partial charge in [0.15, 0.2) is 5.82 Å². The molecule has 0 aliphatic heterocycles. The highest BCUT2D eigenvalue weighted by Crippen LogP contribution is 2.19. The number of carbonyl (C=O) groups is 1. The molecule has 0 saturated heterocycles. The lowest BCUT2D eigenvalue weighted by Crippen LogP contribution is -2.32. The molecule has 1 amide bonds. The van der Waals surface area contributed by atoms with Crippen molar-refractivity contribution in [3.05, 3.63) is 46.0 Å². The number of nitrogens with zero attached hydrogens (tertiary/aromatic N) is 2. The molecule has 2 rings (SSSR count). The average molecular weight is 337 g/mol. The summed E-state index contributed by atoms with van der Waals surface area (Å²) < 4.78 is 0.944. The summed E-state index contributed by atoms with van der Waals surface area (Å²) in [4.78, 5) is 16.6. The molecule has 0 aliphatic rings. The van der Waals surface area contributed by atoms with E-state index in [0.717, 1.165) is 10.3 Å². The van der Waals surface area contributed by atoms with Crippen LogP contribution < -0.4 is 5.32 Å². The van der Waals surface area contributed by atoms with E-state index in [9.17, 15) is 4.79 Å². The van der Waals surface area contributed by atoms with Crippen molar-refractivity contribution in [2.45, 2.75) is 26.8 Å². The van der Waals surface area contributed by atoms with Gasteiger partial charge in [0.1, 0.15) is 5.82 Å². The van der Waals surface area contributed by atoms with Gasteiger partial charge in [-0.3, -0.25) is 9.89 Å². The summed E-state index contributed by atoms with van der Waals surface area (Å²) in [5.41, 5.74) is 0.617. The smallest absolute Gasteiger partial charge is 0.251 e. The molecule has 2 aromatic rings. The third-order valence-electron chi connectivity index (χ3n) is 2.95. The van der Waals surface area contributed by atoms with E-state index in [-0.39, 0.29) is 17.9 Å². The van der Waals surface area contributed by atoms with Crippen molar-refractivity contribution in [2.75, 3.05) is 0 Å². The number of carbonyl (C=O) groups excluding carboxylic acids is 1. The Hall–Kier alpha value is -1.69. The van der Waals surface area contributed by atoms with Crippen LogP contribution in [0, 0.1) is 12.8 Å². The zero-order valence-electron chi connectivity index (χ0n) is 11.6. The first-order valence-electron chi connectivity index (χ1n) is 6.42.